The minimum Gasteiger partial charge on any atom is -0.318 e. The lowest BCUT2D eigenvalue weighted by Gasteiger charge is -2.10. The first-order valence-corrected chi connectivity index (χ1v) is 5.27. The number of H-pyrrole nitrogens is 1. The molecule has 5 heteroatoms. The topological polar surface area (TPSA) is 80.5 Å². The fourth-order valence-corrected chi connectivity index (χ4v) is 1.54. The molecule has 0 aliphatic rings. The van der Waals surface area contributed by atoms with E-state index in [4.69, 9.17) is 5.73 Å². The van der Waals surface area contributed by atoms with Crippen molar-refractivity contribution in [2.24, 2.45) is 5.73 Å². The number of nitrogens with two attached hydrogens (primary N) is 1. The molecule has 16 heavy (non-hydrogen) atoms. The monoisotopic (exact) mass is 217 g/mol. The molecule has 0 saturated carbocycles. The van der Waals surface area contributed by atoms with Gasteiger partial charge in [-0.3, -0.25) is 0 Å². The fourth-order valence-electron chi connectivity index (χ4n) is 1.54. The second kappa shape index (κ2) is 4.40. The summed E-state index contributed by atoms with van der Waals surface area (Å²) >= 11 is 0. The van der Waals surface area contributed by atoms with Crippen LogP contribution in [0.25, 0.3) is 0 Å². The first-order chi connectivity index (χ1) is 7.68. The van der Waals surface area contributed by atoms with Crippen molar-refractivity contribution < 1.29 is 0 Å². The molecule has 2 aromatic rings. The normalized spacial score (nSPS) is 13.0. The number of benzene rings is 1. The predicted octanol–water partition coefficient (Wildman–Crippen LogP) is 1.37. The Bertz CT molecular complexity index is 432. The van der Waals surface area contributed by atoms with Crippen LogP contribution < -0.4 is 5.73 Å². The molecule has 0 aliphatic carbocycles. The zero-order chi connectivity index (χ0) is 11.5. The molecule has 1 heterocycles. The number of hydrogen-bond donors (Lipinski definition) is 2. The predicted molar refractivity (Wildman–Crippen MR) is 60.7 cm³/mol. The van der Waals surface area contributed by atoms with Crippen molar-refractivity contribution in [2.45, 2.75) is 25.8 Å². The first kappa shape index (κ1) is 10.8. The Labute approximate surface area is 94.1 Å². The molecule has 84 valence electrons. The van der Waals surface area contributed by atoms with Crippen LogP contribution in [0.2, 0.25) is 0 Å². The minimum absolute atomic E-state index is 0.319. The Morgan fingerprint density at radius 3 is 2.25 bits per heavy atom. The number of tetrazole rings is 1. The van der Waals surface area contributed by atoms with Gasteiger partial charge in [-0.05, 0) is 17.0 Å². The number of hydrogen-bond acceptors (Lipinski definition) is 4. The summed E-state index contributed by atoms with van der Waals surface area (Å²) in [4.78, 5) is 0. The molecule has 1 atom stereocenters. The number of rotatable bonds is 3. The average molecular weight is 217 g/mol. The third-order valence-electron chi connectivity index (χ3n) is 2.60. The Morgan fingerprint density at radius 2 is 1.75 bits per heavy atom. The standard InChI is InChI=1S/C11H15N5/c1-7(2)8-3-5-9(6-4-8)10(12)11-13-15-16-14-11/h3-7,10H,12H2,1-2H3,(H,13,14,15,16). The maximum absolute atomic E-state index is 6.00. The molecule has 5 nitrogen and oxygen atoms in total. The first-order valence-electron chi connectivity index (χ1n) is 5.27. The molecule has 1 aromatic heterocycles. The summed E-state index contributed by atoms with van der Waals surface area (Å²) in [6, 6.07) is 7.87. The van der Waals surface area contributed by atoms with E-state index in [1.807, 2.05) is 12.1 Å². The van der Waals surface area contributed by atoms with E-state index < -0.39 is 0 Å². The van der Waals surface area contributed by atoms with Crippen LogP contribution in [0.1, 0.15) is 42.8 Å². The maximum atomic E-state index is 6.00. The highest BCUT2D eigenvalue weighted by Crippen LogP contribution is 2.19. The van der Waals surface area contributed by atoms with Crippen LogP contribution in [0.3, 0.4) is 0 Å². The second-order valence-electron chi connectivity index (χ2n) is 4.07. The van der Waals surface area contributed by atoms with Crippen LogP contribution in [-0.2, 0) is 0 Å². The van der Waals surface area contributed by atoms with Crippen LogP contribution >= 0.6 is 0 Å². The van der Waals surface area contributed by atoms with Crippen molar-refractivity contribution in [3.05, 3.63) is 41.2 Å². The lowest BCUT2D eigenvalue weighted by Crippen LogP contribution is -2.13. The summed E-state index contributed by atoms with van der Waals surface area (Å²) in [6.45, 7) is 4.32. The molecule has 3 N–H and O–H groups in total. The second-order valence-corrected chi connectivity index (χ2v) is 4.07. The van der Waals surface area contributed by atoms with Crippen molar-refractivity contribution in [1.29, 1.82) is 0 Å². The third-order valence-corrected chi connectivity index (χ3v) is 2.60. The van der Waals surface area contributed by atoms with Gasteiger partial charge in [0.25, 0.3) is 0 Å². The molecule has 0 saturated heterocycles. The van der Waals surface area contributed by atoms with Gasteiger partial charge >= 0.3 is 0 Å². The van der Waals surface area contributed by atoms with E-state index in [9.17, 15) is 0 Å². The molecular formula is C11H15N5. The average Bonchev–Trinajstić information content (AvgIpc) is 2.81. The molecule has 0 amide bonds. The molecule has 0 fully saturated rings. The van der Waals surface area contributed by atoms with Gasteiger partial charge in [0, 0.05) is 0 Å². The van der Waals surface area contributed by atoms with Gasteiger partial charge in [0.2, 0.25) is 0 Å². The lowest BCUT2D eigenvalue weighted by atomic mass is 9.99. The van der Waals surface area contributed by atoms with Crippen molar-refractivity contribution in [2.75, 3.05) is 0 Å². The zero-order valence-corrected chi connectivity index (χ0v) is 9.38. The third kappa shape index (κ3) is 2.09. The van der Waals surface area contributed by atoms with Crippen LogP contribution in [0.5, 0.6) is 0 Å². The quantitative estimate of drug-likeness (QED) is 0.813. The highest BCUT2D eigenvalue weighted by molar-refractivity contribution is 5.29. The van der Waals surface area contributed by atoms with Gasteiger partial charge in [0.15, 0.2) is 5.82 Å². The Kier molecular flexibility index (Phi) is 2.96. The van der Waals surface area contributed by atoms with Crippen LogP contribution in [0.4, 0.5) is 0 Å². The highest BCUT2D eigenvalue weighted by Gasteiger charge is 2.13. The van der Waals surface area contributed by atoms with E-state index in [1.165, 1.54) is 5.56 Å². The molecule has 0 spiro atoms. The molecular weight excluding hydrogens is 202 g/mol. The van der Waals surface area contributed by atoms with Crippen LogP contribution in [0, 0.1) is 0 Å². The van der Waals surface area contributed by atoms with E-state index in [-0.39, 0.29) is 6.04 Å². The summed E-state index contributed by atoms with van der Waals surface area (Å²) in [7, 11) is 0. The van der Waals surface area contributed by atoms with Gasteiger partial charge in [-0.15, -0.1) is 10.2 Å². The van der Waals surface area contributed by atoms with E-state index in [0.29, 0.717) is 11.7 Å². The Balaban J connectivity index is 2.22. The molecule has 1 aromatic carbocycles. The van der Waals surface area contributed by atoms with Crippen molar-refractivity contribution in [3.63, 3.8) is 0 Å². The number of aromatic amines is 1. The maximum Gasteiger partial charge on any atom is 0.195 e. The van der Waals surface area contributed by atoms with E-state index in [1.54, 1.807) is 0 Å². The minimum atomic E-state index is -0.319. The number of nitrogens with one attached hydrogen (secondary N) is 1. The summed E-state index contributed by atoms with van der Waals surface area (Å²) in [5.74, 6) is 1.03. The SMILES string of the molecule is CC(C)c1ccc(C(N)c2nn[nH]n2)cc1. The number of nitrogens with zero attached hydrogens (tertiary/aromatic N) is 3. The van der Waals surface area contributed by atoms with Crippen molar-refractivity contribution in [3.8, 4) is 0 Å². The molecule has 0 bridgehead atoms. The Hall–Kier alpha value is -1.75. The van der Waals surface area contributed by atoms with Crippen LogP contribution in [0.15, 0.2) is 24.3 Å². The molecule has 0 aliphatic heterocycles. The van der Waals surface area contributed by atoms with Gasteiger partial charge < -0.3 is 5.73 Å². The van der Waals surface area contributed by atoms with Crippen LogP contribution in [-0.4, -0.2) is 20.6 Å². The van der Waals surface area contributed by atoms with E-state index in [0.717, 1.165) is 5.56 Å². The summed E-state index contributed by atoms with van der Waals surface area (Å²) in [5, 5.41) is 13.7. The van der Waals surface area contributed by atoms with Crippen molar-refractivity contribution >= 4 is 0 Å². The van der Waals surface area contributed by atoms with Gasteiger partial charge in [0.1, 0.15) is 0 Å². The highest BCUT2D eigenvalue weighted by atomic mass is 15.5. The lowest BCUT2D eigenvalue weighted by molar-refractivity contribution is 0.782. The summed E-state index contributed by atoms with van der Waals surface area (Å²) < 4.78 is 0. The summed E-state index contributed by atoms with van der Waals surface area (Å²) in [5.41, 5.74) is 8.29. The van der Waals surface area contributed by atoms with E-state index in [2.05, 4.69) is 46.6 Å². The molecule has 1 unspecified atom stereocenters. The van der Waals surface area contributed by atoms with Crippen molar-refractivity contribution in [1.82, 2.24) is 20.6 Å². The van der Waals surface area contributed by atoms with E-state index >= 15 is 0 Å². The smallest absolute Gasteiger partial charge is 0.195 e. The largest absolute Gasteiger partial charge is 0.318 e. The van der Waals surface area contributed by atoms with Gasteiger partial charge in [0.05, 0.1) is 6.04 Å². The summed E-state index contributed by atoms with van der Waals surface area (Å²) in [6.07, 6.45) is 0. The van der Waals surface area contributed by atoms with Gasteiger partial charge in [-0.2, -0.15) is 5.21 Å². The zero-order valence-electron chi connectivity index (χ0n) is 9.38. The van der Waals surface area contributed by atoms with Gasteiger partial charge in [-0.1, -0.05) is 43.3 Å². The fraction of sp³-hybridized carbons (Fsp3) is 0.364. The molecule has 0 radical (unpaired) electrons. The number of aromatic nitrogens is 4. The Morgan fingerprint density at radius 1 is 1.12 bits per heavy atom. The molecule has 2 rings (SSSR count). The van der Waals surface area contributed by atoms with Gasteiger partial charge in [-0.25, -0.2) is 0 Å².